The molecule has 2 rings (SSSR count). The third kappa shape index (κ3) is 4.28. The Morgan fingerprint density at radius 3 is 2.56 bits per heavy atom. The normalized spacial score (nSPS) is 10.3. The van der Waals surface area contributed by atoms with E-state index >= 15 is 0 Å². The number of ether oxygens (including phenoxy) is 1. The second kappa shape index (κ2) is 7.38. The fraction of sp³-hybridized carbons (Fsp3) is 0.286. The largest absolute Gasteiger partial charge is 0.494 e. The van der Waals surface area contributed by atoms with Crippen molar-refractivity contribution in [2.75, 3.05) is 11.9 Å². The molecule has 11 heteroatoms. The molecule has 0 fully saturated rings. The van der Waals surface area contributed by atoms with Crippen molar-refractivity contribution in [1.29, 1.82) is 0 Å². The van der Waals surface area contributed by atoms with E-state index in [-0.39, 0.29) is 23.7 Å². The molecule has 0 bridgehead atoms. The molecule has 0 aliphatic heterocycles. The monoisotopic (exact) mass is 349 g/mol. The number of amides is 1. The molecule has 1 amide bonds. The Bertz CT molecular complexity index is 831. The molecular formula is C14H15N5O6. The standard InChI is InChI=1S/C14H15N5O6/c1-3-25-10-4-5-11(12(7-10)18(21)22)15-14(20)8-17-9(2)6-13(16-17)19(23)24/h4-7H,3,8H2,1-2H3,(H,15,20). The van der Waals surface area contributed by atoms with Crippen LogP contribution in [0.2, 0.25) is 0 Å². The smallest absolute Gasteiger partial charge is 0.390 e. The van der Waals surface area contributed by atoms with Crippen LogP contribution < -0.4 is 10.1 Å². The Kier molecular flexibility index (Phi) is 5.27. The van der Waals surface area contributed by atoms with Gasteiger partial charge in [-0.2, -0.15) is 4.68 Å². The molecule has 1 aromatic carbocycles. The Balaban J connectivity index is 2.17. The molecule has 0 radical (unpaired) electrons. The first-order valence-electron chi connectivity index (χ1n) is 7.21. The van der Waals surface area contributed by atoms with Gasteiger partial charge in [-0.05, 0) is 30.9 Å². The minimum atomic E-state index is -0.668. The molecule has 1 N–H and O–H groups in total. The number of carbonyl (C=O) groups excluding carboxylic acids is 1. The lowest BCUT2D eigenvalue weighted by Crippen LogP contribution is -2.20. The topological polar surface area (TPSA) is 142 Å². The number of aromatic nitrogens is 2. The van der Waals surface area contributed by atoms with Crippen LogP contribution in [-0.4, -0.2) is 32.1 Å². The number of nitrogens with one attached hydrogen (secondary N) is 1. The van der Waals surface area contributed by atoms with Gasteiger partial charge in [-0.15, -0.1) is 0 Å². The summed E-state index contributed by atoms with van der Waals surface area (Å²) in [5, 5.41) is 27.9. The molecule has 11 nitrogen and oxygen atoms in total. The van der Waals surface area contributed by atoms with Gasteiger partial charge in [-0.1, -0.05) is 0 Å². The Morgan fingerprint density at radius 1 is 1.28 bits per heavy atom. The van der Waals surface area contributed by atoms with Crippen molar-refractivity contribution in [2.45, 2.75) is 20.4 Å². The van der Waals surface area contributed by atoms with Crippen molar-refractivity contribution in [3.05, 3.63) is 50.2 Å². The Morgan fingerprint density at radius 2 is 2.00 bits per heavy atom. The minimum Gasteiger partial charge on any atom is -0.494 e. The molecule has 0 aliphatic carbocycles. The lowest BCUT2D eigenvalue weighted by atomic mass is 10.2. The minimum absolute atomic E-state index is 0.00207. The summed E-state index contributed by atoms with van der Waals surface area (Å²) < 4.78 is 6.34. The number of rotatable bonds is 7. The highest BCUT2D eigenvalue weighted by molar-refractivity contribution is 5.93. The van der Waals surface area contributed by atoms with Crippen LogP contribution in [0.3, 0.4) is 0 Å². The average molecular weight is 349 g/mol. The second-order valence-corrected chi connectivity index (χ2v) is 4.98. The molecule has 2 aromatic rings. The van der Waals surface area contributed by atoms with Crippen molar-refractivity contribution in [3.63, 3.8) is 0 Å². The van der Waals surface area contributed by atoms with Crippen LogP contribution in [0, 0.1) is 27.2 Å². The summed E-state index contributed by atoms with van der Waals surface area (Å²) >= 11 is 0. The molecule has 0 unspecified atom stereocenters. The predicted octanol–water partition coefficient (Wildman–Crippen LogP) is 2.05. The number of anilines is 1. The van der Waals surface area contributed by atoms with Crippen LogP contribution in [-0.2, 0) is 11.3 Å². The van der Waals surface area contributed by atoms with Gasteiger partial charge in [-0.25, -0.2) is 0 Å². The van der Waals surface area contributed by atoms with E-state index in [0.717, 1.165) is 4.68 Å². The van der Waals surface area contributed by atoms with Gasteiger partial charge in [0.15, 0.2) is 0 Å². The zero-order valence-corrected chi connectivity index (χ0v) is 13.5. The molecular weight excluding hydrogens is 334 g/mol. The second-order valence-electron chi connectivity index (χ2n) is 4.98. The van der Waals surface area contributed by atoms with E-state index in [1.165, 1.54) is 24.3 Å². The number of aryl methyl sites for hydroxylation is 1. The number of benzene rings is 1. The van der Waals surface area contributed by atoms with Gasteiger partial charge in [0.2, 0.25) is 5.91 Å². The summed E-state index contributed by atoms with van der Waals surface area (Å²) in [6.45, 7) is 3.34. The summed E-state index contributed by atoms with van der Waals surface area (Å²) in [6, 6.07) is 5.30. The van der Waals surface area contributed by atoms with Crippen LogP contribution in [0.25, 0.3) is 0 Å². The number of hydrogen-bond donors (Lipinski definition) is 1. The first kappa shape index (κ1) is 17.8. The average Bonchev–Trinajstić information content (AvgIpc) is 2.90. The number of nitrogens with zero attached hydrogens (tertiary/aromatic N) is 4. The number of hydrogen-bond acceptors (Lipinski definition) is 7. The van der Waals surface area contributed by atoms with E-state index in [4.69, 9.17) is 4.74 Å². The summed E-state index contributed by atoms with van der Waals surface area (Å²) in [7, 11) is 0. The third-order valence-electron chi connectivity index (χ3n) is 3.20. The van der Waals surface area contributed by atoms with Crippen molar-refractivity contribution in [3.8, 4) is 5.75 Å². The van der Waals surface area contributed by atoms with Gasteiger partial charge >= 0.3 is 5.82 Å². The van der Waals surface area contributed by atoms with Crippen LogP contribution in [0.5, 0.6) is 5.75 Å². The quantitative estimate of drug-likeness (QED) is 0.595. The molecule has 1 aromatic heterocycles. The lowest BCUT2D eigenvalue weighted by molar-refractivity contribution is -0.389. The predicted molar refractivity (Wildman–Crippen MR) is 86.5 cm³/mol. The maximum Gasteiger partial charge on any atom is 0.390 e. The van der Waals surface area contributed by atoms with Crippen LogP contribution >= 0.6 is 0 Å². The van der Waals surface area contributed by atoms with Crippen molar-refractivity contribution >= 4 is 23.1 Å². The van der Waals surface area contributed by atoms with E-state index in [1.54, 1.807) is 13.8 Å². The lowest BCUT2D eigenvalue weighted by Gasteiger charge is -2.08. The zero-order valence-electron chi connectivity index (χ0n) is 13.5. The summed E-state index contributed by atoms with van der Waals surface area (Å²) in [6.07, 6.45) is 0. The number of nitro benzene ring substituents is 1. The molecule has 25 heavy (non-hydrogen) atoms. The third-order valence-corrected chi connectivity index (χ3v) is 3.20. The van der Waals surface area contributed by atoms with Crippen molar-refractivity contribution in [2.24, 2.45) is 0 Å². The van der Waals surface area contributed by atoms with Gasteiger partial charge < -0.3 is 20.2 Å². The number of carbonyl (C=O) groups is 1. The number of nitro groups is 2. The van der Waals surface area contributed by atoms with E-state index < -0.39 is 15.8 Å². The van der Waals surface area contributed by atoms with Gasteiger partial charge in [0.25, 0.3) is 5.69 Å². The van der Waals surface area contributed by atoms with Gasteiger partial charge in [-0.3, -0.25) is 14.9 Å². The molecule has 0 aliphatic rings. The molecule has 0 spiro atoms. The fourth-order valence-electron chi connectivity index (χ4n) is 2.09. The van der Waals surface area contributed by atoms with E-state index in [1.807, 2.05) is 0 Å². The highest BCUT2D eigenvalue weighted by Crippen LogP contribution is 2.29. The summed E-state index contributed by atoms with van der Waals surface area (Å²) in [5.41, 5.74) is 0.100. The molecule has 0 atom stereocenters. The molecule has 0 saturated heterocycles. The van der Waals surface area contributed by atoms with E-state index in [0.29, 0.717) is 18.1 Å². The SMILES string of the molecule is CCOc1ccc(NC(=O)Cn2nc([N+](=O)[O-])cc2C)c([N+](=O)[O-])c1. The molecule has 0 saturated carbocycles. The van der Waals surface area contributed by atoms with Gasteiger partial charge in [0, 0.05) is 0 Å². The maximum atomic E-state index is 12.1. The zero-order chi connectivity index (χ0) is 18.6. The van der Waals surface area contributed by atoms with Gasteiger partial charge in [0.1, 0.15) is 18.0 Å². The first-order chi connectivity index (χ1) is 11.8. The van der Waals surface area contributed by atoms with Crippen molar-refractivity contribution in [1.82, 2.24) is 9.78 Å². The highest BCUT2D eigenvalue weighted by Gasteiger charge is 2.20. The fourth-order valence-corrected chi connectivity index (χ4v) is 2.09. The maximum absolute atomic E-state index is 12.1. The summed E-state index contributed by atoms with van der Waals surface area (Å²) in [4.78, 5) is 32.6. The summed E-state index contributed by atoms with van der Waals surface area (Å²) in [5.74, 6) is -0.670. The van der Waals surface area contributed by atoms with E-state index in [9.17, 15) is 25.0 Å². The van der Waals surface area contributed by atoms with Crippen molar-refractivity contribution < 1.29 is 19.4 Å². The van der Waals surface area contributed by atoms with E-state index in [2.05, 4.69) is 10.4 Å². The Hall–Kier alpha value is -3.50. The van der Waals surface area contributed by atoms with Crippen LogP contribution in [0.4, 0.5) is 17.2 Å². The molecule has 1 heterocycles. The first-order valence-corrected chi connectivity index (χ1v) is 7.21. The Labute approximate surface area is 141 Å². The van der Waals surface area contributed by atoms with Crippen LogP contribution in [0.1, 0.15) is 12.6 Å². The highest BCUT2D eigenvalue weighted by atomic mass is 16.6. The van der Waals surface area contributed by atoms with Gasteiger partial charge in [0.05, 0.1) is 34.5 Å². The molecule has 132 valence electrons. The van der Waals surface area contributed by atoms with Crippen LogP contribution in [0.15, 0.2) is 24.3 Å².